The summed E-state index contributed by atoms with van der Waals surface area (Å²) in [5.41, 5.74) is 4.43. The van der Waals surface area contributed by atoms with Gasteiger partial charge in [-0.25, -0.2) is 5.43 Å². The summed E-state index contributed by atoms with van der Waals surface area (Å²) < 4.78 is 5.43. The van der Waals surface area contributed by atoms with Crippen LogP contribution in [0.4, 0.5) is 0 Å². The topological polar surface area (TPSA) is 50.7 Å². The van der Waals surface area contributed by atoms with Crippen LogP contribution in [0.5, 0.6) is 5.75 Å². The average Bonchev–Trinajstić information content (AvgIpc) is 2.55. The van der Waals surface area contributed by atoms with Gasteiger partial charge in [-0.15, -0.1) is 0 Å². The van der Waals surface area contributed by atoms with Crippen LogP contribution in [0.2, 0.25) is 5.02 Å². The molecule has 1 amide bonds. The fourth-order valence-electron chi connectivity index (χ4n) is 1.76. The third-order valence-corrected chi connectivity index (χ3v) is 3.20. The molecule has 0 aromatic heterocycles. The molecule has 0 radical (unpaired) electrons. The van der Waals surface area contributed by atoms with Crippen LogP contribution in [-0.2, 0) is 11.2 Å². The van der Waals surface area contributed by atoms with Gasteiger partial charge in [0.1, 0.15) is 5.75 Å². The number of hydrazone groups is 1. The van der Waals surface area contributed by atoms with Crippen LogP contribution in [-0.4, -0.2) is 18.7 Å². The number of nitrogens with one attached hydrogen (secondary N) is 1. The number of carbonyl (C=O) groups is 1. The molecule has 0 heterocycles. The second-order valence-corrected chi connectivity index (χ2v) is 5.07. The Morgan fingerprint density at radius 1 is 1.27 bits per heavy atom. The van der Waals surface area contributed by atoms with E-state index in [0.29, 0.717) is 10.8 Å². The second-order valence-electron chi connectivity index (χ2n) is 4.63. The van der Waals surface area contributed by atoms with Gasteiger partial charge in [0.2, 0.25) is 0 Å². The molecule has 2 aromatic rings. The Kier molecular flexibility index (Phi) is 5.98. The molecule has 0 aliphatic heterocycles. The second kappa shape index (κ2) is 8.20. The molecular formula is C17H17ClN2O2. The Balaban J connectivity index is 1.79. The van der Waals surface area contributed by atoms with E-state index >= 15 is 0 Å². The molecule has 4 nitrogen and oxygen atoms in total. The van der Waals surface area contributed by atoms with Gasteiger partial charge in [0.15, 0.2) is 6.61 Å². The maximum Gasteiger partial charge on any atom is 0.277 e. The number of halogens is 1. The molecule has 0 fully saturated rings. The first-order chi connectivity index (χ1) is 10.7. The van der Waals surface area contributed by atoms with Crippen LogP contribution in [0, 0.1) is 0 Å². The van der Waals surface area contributed by atoms with Gasteiger partial charge in [-0.3, -0.25) is 4.79 Å². The van der Waals surface area contributed by atoms with Crippen molar-refractivity contribution in [1.82, 2.24) is 5.43 Å². The summed E-state index contributed by atoms with van der Waals surface area (Å²) in [5.74, 6) is 0.364. The number of carbonyl (C=O) groups excluding carboxylic acids is 1. The van der Waals surface area contributed by atoms with Gasteiger partial charge in [-0.2, -0.15) is 5.10 Å². The summed E-state index contributed by atoms with van der Waals surface area (Å²) in [7, 11) is 0. The lowest BCUT2D eigenvalue weighted by atomic mass is 10.2. The highest BCUT2D eigenvalue weighted by molar-refractivity contribution is 6.30. The zero-order valence-corrected chi connectivity index (χ0v) is 13.0. The van der Waals surface area contributed by atoms with E-state index in [1.807, 2.05) is 36.4 Å². The van der Waals surface area contributed by atoms with Crippen molar-refractivity contribution < 1.29 is 9.53 Å². The molecule has 5 heteroatoms. The van der Waals surface area contributed by atoms with Crippen LogP contribution < -0.4 is 10.2 Å². The first-order valence-corrected chi connectivity index (χ1v) is 7.34. The van der Waals surface area contributed by atoms with Crippen molar-refractivity contribution >= 4 is 23.7 Å². The van der Waals surface area contributed by atoms with Crippen LogP contribution >= 0.6 is 11.6 Å². The third kappa shape index (κ3) is 5.22. The number of aryl methyl sites for hydroxylation is 1. The van der Waals surface area contributed by atoms with Gasteiger partial charge in [0.05, 0.1) is 6.21 Å². The molecule has 114 valence electrons. The predicted molar refractivity (Wildman–Crippen MR) is 88.5 cm³/mol. The molecule has 22 heavy (non-hydrogen) atoms. The number of hydrogen-bond acceptors (Lipinski definition) is 3. The van der Waals surface area contributed by atoms with Crippen molar-refractivity contribution in [3.05, 3.63) is 64.7 Å². The van der Waals surface area contributed by atoms with Gasteiger partial charge < -0.3 is 4.74 Å². The van der Waals surface area contributed by atoms with Gasteiger partial charge in [0, 0.05) is 5.02 Å². The summed E-state index contributed by atoms with van der Waals surface area (Å²) in [6.07, 6.45) is 2.47. The van der Waals surface area contributed by atoms with Gasteiger partial charge in [-0.05, 0) is 41.8 Å². The highest BCUT2D eigenvalue weighted by Gasteiger charge is 2.01. The van der Waals surface area contributed by atoms with E-state index in [0.717, 1.165) is 12.0 Å². The van der Waals surface area contributed by atoms with Crippen molar-refractivity contribution in [3.63, 3.8) is 0 Å². The average molecular weight is 317 g/mol. The number of ether oxygens (including phenoxy) is 1. The van der Waals surface area contributed by atoms with Crippen molar-refractivity contribution in [2.45, 2.75) is 13.3 Å². The summed E-state index contributed by atoms with van der Waals surface area (Å²) in [4.78, 5) is 11.6. The lowest BCUT2D eigenvalue weighted by Crippen LogP contribution is -2.24. The summed E-state index contributed by atoms with van der Waals surface area (Å²) >= 11 is 5.79. The molecule has 0 atom stereocenters. The fourth-order valence-corrected chi connectivity index (χ4v) is 1.89. The minimum atomic E-state index is -0.313. The predicted octanol–water partition coefficient (Wildman–Crippen LogP) is 3.43. The molecule has 1 N–H and O–H groups in total. The molecule has 2 rings (SSSR count). The van der Waals surface area contributed by atoms with Crippen molar-refractivity contribution in [2.75, 3.05) is 6.61 Å². The van der Waals surface area contributed by atoms with Crippen molar-refractivity contribution in [1.29, 1.82) is 0 Å². The molecular weight excluding hydrogens is 300 g/mol. The maximum atomic E-state index is 11.6. The lowest BCUT2D eigenvalue weighted by molar-refractivity contribution is -0.123. The zero-order chi connectivity index (χ0) is 15.8. The van der Waals surface area contributed by atoms with Crippen LogP contribution in [0.15, 0.2) is 53.6 Å². The molecule has 0 bridgehead atoms. The standard InChI is InChI=1S/C17H17ClN2O2/c1-2-13-4-3-5-16(10-13)22-12-17(21)20-19-11-14-6-8-15(18)9-7-14/h3-11H,2,12H2,1H3,(H,20,21)/b19-11+. The summed E-state index contributed by atoms with van der Waals surface area (Å²) in [6.45, 7) is 1.99. The number of hydrogen-bond donors (Lipinski definition) is 1. The van der Waals surface area contributed by atoms with E-state index < -0.39 is 0 Å². The quantitative estimate of drug-likeness (QED) is 0.655. The highest BCUT2D eigenvalue weighted by Crippen LogP contribution is 2.13. The van der Waals surface area contributed by atoms with E-state index in [4.69, 9.17) is 16.3 Å². The Bertz CT molecular complexity index is 654. The van der Waals surface area contributed by atoms with Crippen molar-refractivity contribution in [3.8, 4) is 5.75 Å². The monoisotopic (exact) mass is 316 g/mol. The minimum Gasteiger partial charge on any atom is -0.484 e. The van der Waals surface area contributed by atoms with Crippen LogP contribution in [0.1, 0.15) is 18.1 Å². The van der Waals surface area contributed by atoms with E-state index in [2.05, 4.69) is 17.5 Å². The number of benzene rings is 2. The Morgan fingerprint density at radius 2 is 2.05 bits per heavy atom. The summed E-state index contributed by atoms with van der Waals surface area (Å²) in [6, 6.07) is 14.8. The molecule has 0 aliphatic rings. The van der Waals surface area contributed by atoms with E-state index in [1.165, 1.54) is 5.56 Å². The number of nitrogens with zero attached hydrogens (tertiary/aromatic N) is 1. The SMILES string of the molecule is CCc1cccc(OCC(=O)N/N=C/c2ccc(Cl)cc2)c1. The highest BCUT2D eigenvalue weighted by atomic mass is 35.5. The van der Waals surface area contributed by atoms with Crippen LogP contribution in [0.3, 0.4) is 0 Å². The van der Waals surface area contributed by atoms with Gasteiger partial charge >= 0.3 is 0 Å². The minimum absolute atomic E-state index is 0.0782. The third-order valence-electron chi connectivity index (χ3n) is 2.95. The van der Waals surface area contributed by atoms with Crippen molar-refractivity contribution in [2.24, 2.45) is 5.10 Å². The summed E-state index contributed by atoms with van der Waals surface area (Å²) in [5, 5.41) is 4.53. The van der Waals surface area contributed by atoms with Gasteiger partial charge in [-0.1, -0.05) is 42.8 Å². The molecule has 0 unspecified atom stereocenters. The first kappa shape index (κ1) is 16.0. The molecule has 0 spiro atoms. The number of rotatable bonds is 6. The Morgan fingerprint density at radius 3 is 2.77 bits per heavy atom. The molecule has 0 aliphatic carbocycles. The van der Waals surface area contributed by atoms with E-state index in [1.54, 1.807) is 18.3 Å². The first-order valence-electron chi connectivity index (χ1n) is 6.96. The Hall–Kier alpha value is -2.33. The lowest BCUT2D eigenvalue weighted by Gasteiger charge is -2.06. The molecule has 0 saturated carbocycles. The maximum absolute atomic E-state index is 11.6. The van der Waals surface area contributed by atoms with E-state index in [9.17, 15) is 4.79 Å². The smallest absolute Gasteiger partial charge is 0.277 e. The van der Waals surface area contributed by atoms with Gasteiger partial charge in [0.25, 0.3) is 5.91 Å². The normalized spacial score (nSPS) is 10.6. The molecule has 2 aromatic carbocycles. The van der Waals surface area contributed by atoms with Crippen LogP contribution in [0.25, 0.3) is 0 Å². The Labute approximate surface area is 134 Å². The molecule has 0 saturated heterocycles. The zero-order valence-electron chi connectivity index (χ0n) is 12.3. The number of amides is 1. The van der Waals surface area contributed by atoms with E-state index in [-0.39, 0.29) is 12.5 Å². The largest absolute Gasteiger partial charge is 0.484 e. The fraction of sp³-hybridized carbons (Fsp3) is 0.176.